The van der Waals surface area contributed by atoms with Gasteiger partial charge in [0.1, 0.15) is 0 Å². The van der Waals surface area contributed by atoms with Gasteiger partial charge in [0.15, 0.2) is 0 Å². The molecule has 40 valence electrons. The molecule has 0 spiro atoms. The molecule has 0 amide bonds. The lowest BCUT2D eigenvalue weighted by Crippen LogP contribution is -2.12. The molecule has 2 heteroatoms. The number of hydrogen-bond acceptors (Lipinski definition) is 2. The summed E-state index contributed by atoms with van der Waals surface area (Å²) in [6.45, 7) is 5.79. The second-order valence-electron chi connectivity index (χ2n) is 1.37. The van der Waals surface area contributed by atoms with Crippen LogP contribution >= 0.6 is 0 Å². The van der Waals surface area contributed by atoms with Crippen LogP contribution in [0.4, 0.5) is 0 Å². The van der Waals surface area contributed by atoms with Crippen LogP contribution < -0.4 is 5.32 Å². The van der Waals surface area contributed by atoms with Crippen molar-refractivity contribution < 1.29 is 0 Å². The van der Waals surface area contributed by atoms with Crippen molar-refractivity contribution in [2.24, 2.45) is 0 Å². The molecule has 0 rings (SSSR count). The normalized spacial score (nSPS) is 7.57. The van der Waals surface area contributed by atoms with Gasteiger partial charge >= 0.3 is 0 Å². The Hall–Kier alpha value is -0.790. The van der Waals surface area contributed by atoms with Crippen LogP contribution in [0, 0.1) is 5.41 Å². The minimum atomic E-state index is 0.615. The number of nitrogens with one attached hydrogen (secondary N) is 2. The topological polar surface area (TPSA) is 35.9 Å². The van der Waals surface area contributed by atoms with E-state index in [2.05, 4.69) is 11.9 Å². The van der Waals surface area contributed by atoms with Gasteiger partial charge in [-0.25, -0.2) is 0 Å². The molecule has 0 fully saturated rings. The van der Waals surface area contributed by atoms with Gasteiger partial charge in [-0.1, -0.05) is 6.58 Å². The van der Waals surface area contributed by atoms with Crippen LogP contribution in [0.2, 0.25) is 0 Å². The standard InChI is InChI=1S/C5H10N2/c1-3-7-4-5(2)6/h3,6-7H,1,4H2,2H3. The molecule has 2 nitrogen and oxygen atoms in total. The van der Waals surface area contributed by atoms with E-state index in [1.165, 1.54) is 0 Å². The minimum absolute atomic E-state index is 0.615. The van der Waals surface area contributed by atoms with E-state index >= 15 is 0 Å². The first-order valence-corrected chi connectivity index (χ1v) is 2.15. The molecule has 0 saturated carbocycles. The average molecular weight is 98.1 g/mol. The van der Waals surface area contributed by atoms with Gasteiger partial charge in [0.25, 0.3) is 0 Å². The fraction of sp³-hybridized carbons (Fsp3) is 0.400. The summed E-state index contributed by atoms with van der Waals surface area (Å²) in [7, 11) is 0. The van der Waals surface area contributed by atoms with Crippen molar-refractivity contribution in [2.75, 3.05) is 6.54 Å². The van der Waals surface area contributed by atoms with E-state index < -0.39 is 0 Å². The average Bonchev–Trinajstić information content (AvgIpc) is 1.61. The van der Waals surface area contributed by atoms with Crippen LogP contribution in [0.1, 0.15) is 6.92 Å². The zero-order chi connectivity index (χ0) is 5.70. The van der Waals surface area contributed by atoms with Gasteiger partial charge in [-0.15, -0.1) is 0 Å². The Morgan fingerprint density at radius 2 is 2.57 bits per heavy atom. The summed E-state index contributed by atoms with van der Waals surface area (Å²) in [6, 6.07) is 0. The Morgan fingerprint density at radius 1 is 2.00 bits per heavy atom. The maximum absolute atomic E-state index is 6.89. The van der Waals surface area contributed by atoms with Crippen molar-refractivity contribution in [3.63, 3.8) is 0 Å². The lowest BCUT2D eigenvalue weighted by Gasteiger charge is -1.92. The van der Waals surface area contributed by atoms with Gasteiger partial charge in [0.05, 0.1) is 6.54 Å². The Bertz CT molecular complexity index is 76.1. The van der Waals surface area contributed by atoms with E-state index in [0.29, 0.717) is 12.3 Å². The molecule has 0 aliphatic heterocycles. The summed E-state index contributed by atoms with van der Waals surface area (Å²) in [5.41, 5.74) is 0.625. The van der Waals surface area contributed by atoms with Gasteiger partial charge < -0.3 is 10.7 Å². The van der Waals surface area contributed by atoms with E-state index in [0.717, 1.165) is 0 Å². The largest absolute Gasteiger partial charge is 0.386 e. The van der Waals surface area contributed by atoms with Crippen molar-refractivity contribution in [3.05, 3.63) is 12.8 Å². The third kappa shape index (κ3) is 5.21. The zero-order valence-corrected chi connectivity index (χ0v) is 4.49. The molecular weight excluding hydrogens is 88.1 g/mol. The molecule has 0 bridgehead atoms. The first-order valence-electron chi connectivity index (χ1n) is 2.15. The van der Waals surface area contributed by atoms with E-state index in [4.69, 9.17) is 5.41 Å². The van der Waals surface area contributed by atoms with Crippen LogP contribution in [-0.4, -0.2) is 12.3 Å². The summed E-state index contributed by atoms with van der Waals surface area (Å²) in [5, 5.41) is 9.67. The van der Waals surface area contributed by atoms with Crippen LogP contribution in [0.5, 0.6) is 0 Å². The van der Waals surface area contributed by atoms with Crippen molar-refractivity contribution in [1.29, 1.82) is 5.41 Å². The molecule has 0 saturated heterocycles. The fourth-order valence-corrected chi connectivity index (χ4v) is 0.225. The summed E-state index contributed by atoms with van der Waals surface area (Å²) in [5.74, 6) is 0. The zero-order valence-electron chi connectivity index (χ0n) is 4.49. The van der Waals surface area contributed by atoms with Gasteiger partial charge in [-0.2, -0.15) is 0 Å². The predicted molar refractivity (Wildman–Crippen MR) is 31.6 cm³/mol. The van der Waals surface area contributed by atoms with Crippen LogP contribution in [0.3, 0.4) is 0 Å². The Balaban J connectivity index is 2.97. The summed E-state index contributed by atoms with van der Waals surface area (Å²) < 4.78 is 0. The fourth-order valence-electron chi connectivity index (χ4n) is 0.225. The summed E-state index contributed by atoms with van der Waals surface area (Å²) in [6.07, 6.45) is 1.58. The number of hydrogen-bond donors (Lipinski definition) is 2. The Kier molecular flexibility index (Phi) is 3.02. The van der Waals surface area contributed by atoms with Gasteiger partial charge in [-0.3, -0.25) is 0 Å². The third-order valence-electron chi connectivity index (χ3n) is 0.512. The van der Waals surface area contributed by atoms with Crippen LogP contribution in [0.15, 0.2) is 12.8 Å². The molecule has 0 aromatic rings. The lowest BCUT2D eigenvalue weighted by atomic mass is 10.4. The lowest BCUT2D eigenvalue weighted by molar-refractivity contribution is 1.01. The smallest absolute Gasteiger partial charge is 0.0518 e. The van der Waals surface area contributed by atoms with Crippen molar-refractivity contribution >= 4 is 5.71 Å². The van der Waals surface area contributed by atoms with E-state index in [1.54, 1.807) is 13.1 Å². The van der Waals surface area contributed by atoms with Gasteiger partial charge in [-0.05, 0) is 13.1 Å². The minimum Gasteiger partial charge on any atom is -0.386 e. The summed E-state index contributed by atoms with van der Waals surface area (Å²) in [4.78, 5) is 0. The second kappa shape index (κ2) is 3.40. The molecule has 0 atom stereocenters. The molecule has 0 aromatic carbocycles. The molecule has 0 aliphatic rings. The molecule has 0 aromatic heterocycles. The van der Waals surface area contributed by atoms with Crippen molar-refractivity contribution in [1.82, 2.24) is 5.32 Å². The first kappa shape index (κ1) is 6.21. The van der Waals surface area contributed by atoms with E-state index in [9.17, 15) is 0 Å². The molecule has 0 unspecified atom stereocenters. The Morgan fingerprint density at radius 3 is 2.71 bits per heavy atom. The quantitative estimate of drug-likeness (QED) is 0.502. The molecule has 7 heavy (non-hydrogen) atoms. The number of rotatable bonds is 3. The van der Waals surface area contributed by atoms with Crippen LogP contribution in [0.25, 0.3) is 0 Å². The third-order valence-corrected chi connectivity index (χ3v) is 0.512. The van der Waals surface area contributed by atoms with Crippen molar-refractivity contribution in [2.45, 2.75) is 6.92 Å². The maximum Gasteiger partial charge on any atom is 0.0518 e. The van der Waals surface area contributed by atoms with E-state index in [-0.39, 0.29) is 0 Å². The highest BCUT2D eigenvalue weighted by Crippen LogP contribution is 1.62. The van der Waals surface area contributed by atoms with Gasteiger partial charge in [0.2, 0.25) is 0 Å². The highest BCUT2D eigenvalue weighted by Gasteiger charge is 1.77. The van der Waals surface area contributed by atoms with Crippen molar-refractivity contribution in [3.8, 4) is 0 Å². The highest BCUT2D eigenvalue weighted by atomic mass is 14.8. The maximum atomic E-state index is 6.89. The molecule has 0 aliphatic carbocycles. The molecule has 0 radical (unpaired) electrons. The molecular formula is C5H10N2. The highest BCUT2D eigenvalue weighted by molar-refractivity contribution is 5.80. The SMILES string of the molecule is C=CNCC(C)=N. The molecule has 0 heterocycles. The predicted octanol–water partition coefficient (Wildman–Crippen LogP) is 0.759. The van der Waals surface area contributed by atoms with Crippen LogP contribution in [-0.2, 0) is 0 Å². The second-order valence-corrected chi connectivity index (χ2v) is 1.37. The Labute approximate surface area is 43.7 Å². The van der Waals surface area contributed by atoms with E-state index in [1.807, 2.05) is 0 Å². The summed E-state index contributed by atoms with van der Waals surface area (Å²) >= 11 is 0. The monoisotopic (exact) mass is 98.1 g/mol. The van der Waals surface area contributed by atoms with Gasteiger partial charge in [0, 0.05) is 5.71 Å². The molecule has 2 N–H and O–H groups in total. The first-order chi connectivity index (χ1) is 3.27.